The van der Waals surface area contributed by atoms with Gasteiger partial charge in [0.25, 0.3) is 0 Å². The Morgan fingerprint density at radius 2 is 2.33 bits per heavy atom. The van der Waals surface area contributed by atoms with Crippen LogP contribution in [-0.4, -0.2) is 17.6 Å². The molecule has 0 amide bonds. The van der Waals surface area contributed by atoms with Gasteiger partial charge in [0.2, 0.25) is 0 Å². The van der Waals surface area contributed by atoms with E-state index >= 15 is 0 Å². The van der Waals surface area contributed by atoms with Crippen molar-refractivity contribution in [1.29, 1.82) is 0 Å². The van der Waals surface area contributed by atoms with Crippen LogP contribution >= 0.6 is 27.5 Å². The van der Waals surface area contributed by atoms with Crippen molar-refractivity contribution in [3.8, 4) is 0 Å². The molecular weight excluding hydrogens is 285 g/mol. The highest BCUT2D eigenvalue weighted by Crippen LogP contribution is 2.20. The minimum absolute atomic E-state index is 0.124. The van der Waals surface area contributed by atoms with Gasteiger partial charge in [-0.2, -0.15) is 0 Å². The summed E-state index contributed by atoms with van der Waals surface area (Å²) in [6.07, 6.45) is 1.54. The van der Waals surface area contributed by atoms with Gasteiger partial charge in [-0.3, -0.25) is 0 Å². The number of hydrogen-bond donors (Lipinski definition) is 0. The maximum Gasteiger partial charge on any atom is 0.367 e. The summed E-state index contributed by atoms with van der Waals surface area (Å²) in [5, 5.41) is 3.53. The van der Waals surface area contributed by atoms with Gasteiger partial charge in [0.1, 0.15) is 11.5 Å². The molecule has 1 aliphatic rings. The van der Waals surface area contributed by atoms with E-state index in [1.165, 1.54) is 0 Å². The molecule has 2 heterocycles. The van der Waals surface area contributed by atoms with Crippen molar-refractivity contribution in [3.05, 3.63) is 28.1 Å². The Morgan fingerprint density at radius 3 is 2.93 bits per heavy atom. The molecule has 0 aromatic carbocycles. The first-order chi connectivity index (χ1) is 7.20. The Labute approximate surface area is 98.7 Å². The molecule has 1 aromatic heterocycles. The summed E-state index contributed by atoms with van der Waals surface area (Å²) in [6.45, 7) is 0. The van der Waals surface area contributed by atoms with Crippen molar-refractivity contribution in [2.45, 2.75) is 0 Å². The quantitative estimate of drug-likeness (QED) is 0.478. The van der Waals surface area contributed by atoms with Crippen LogP contribution in [0.3, 0.4) is 0 Å². The van der Waals surface area contributed by atoms with Gasteiger partial charge >= 0.3 is 5.97 Å². The fourth-order valence-corrected chi connectivity index (χ4v) is 1.61. The molecule has 0 saturated carbocycles. The summed E-state index contributed by atoms with van der Waals surface area (Å²) in [4.78, 5) is 15.7. The highest BCUT2D eigenvalue weighted by molar-refractivity contribution is 9.10. The van der Waals surface area contributed by atoms with E-state index < -0.39 is 5.97 Å². The van der Waals surface area contributed by atoms with E-state index in [-0.39, 0.29) is 5.88 Å². The normalized spacial score (nSPS) is 18.1. The lowest BCUT2D eigenvalue weighted by Gasteiger charge is -1.92. The van der Waals surface area contributed by atoms with E-state index in [4.69, 9.17) is 16.0 Å². The summed E-state index contributed by atoms with van der Waals surface area (Å²) < 4.78 is 5.81. The monoisotopic (exact) mass is 289 g/mol. The Morgan fingerprint density at radius 1 is 1.53 bits per heavy atom. The van der Waals surface area contributed by atoms with Crippen LogP contribution in [0.1, 0.15) is 5.76 Å². The molecule has 6 heteroatoms. The van der Waals surface area contributed by atoms with Crippen molar-refractivity contribution in [2.75, 3.05) is 5.88 Å². The molecule has 15 heavy (non-hydrogen) atoms. The first kappa shape index (κ1) is 10.4. The molecule has 0 radical (unpaired) electrons. The summed E-state index contributed by atoms with van der Waals surface area (Å²) in [5.41, 5.74) is 0.737. The molecular formula is C9H5BrClNO3. The zero-order chi connectivity index (χ0) is 10.8. The van der Waals surface area contributed by atoms with E-state index in [9.17, 15) is 4.79 Å². The summed E-state index contributed by atoms with van der Waals surface area (Å²) in [6, 6.07) is 3.44. The number of alkyl halides is 1. The van der Waals surface area contributed by atoms with Crippen LogP contribution < -0.4 is 0 Å². The third-order valence-electron chi connectivity index (χ3n) is 1.78. The van der Waals surface area contributed by atoms with Gasteiger partial charge < -0.3 is 9.25 Å². The van der Waals surface area contributed by atoms with Crippen LogP contribution in [0.4, 0.5) is 0 Å². The smallest absolute Gasteiger partial charge is 0.367 e. The van der Waals surface area contributed by atoms with E-state index in [2.05, 4.69) is 25.9 Å². The SMILES string of the molecule is O=C1ON=C(CCl)/C1=C\c1ccc(Br)o1. The number of oxime groups is 1. The molecule has 1 aliphatic heterocycles. The Hall–Kier alpha value is -1.07. The van der Waals surface area contributed by atoms with E-state index in [1.807, 2.05) is 0 Å². The van der Waals surface area contributed by atoms with E-state index in [0.717, 1.165) is 0 Å². The van der Waals surface area contributed by atoms with Crippen molar-refractivity contribution in [1.82, 2.24) is 0 Å². The van der Waals surface area contributed by atoms with Gasteiger partial charge in [-0.1, -0.05) is 5.16 Å². The lowest BCUT2D eigenvalue weighted by Crippen LogP contribution is -2.06. The Kier molecular flexibility index (Phi) is 2.93. The molecule has 0 spiro atoms. The molecule has 2 rings (SSSR count). The van der Waals surface area contributed by atoms with Crippen LogP contribution in [0.15, 0.2) is 31.9 Å². The maximum atomic E-state index is 11.2. The summed E-state index contributed by atoms with van der Waals surface area (Å²) in [5.74, 6) is 0.145. The molecule has 1 aromatic rings. The maximum absolute atomic E-state index is 11.2. The second kappa shape index (κ2) is 4.20. The zero-order valence-electron chi connectivity index (χ0n) is 7.37. The van der Waals surface area contributed by atoms with Gasteiger partial charge in [-0.05, 0) is 34.1 Å². The number of nitrogens with zero attached hydrogens (tertiary/aromatic N) is 1. The predicted molar refractivity (Wildman–Crippen MR) is 58.6 cm³/mol. The largest absolute Gasteiger partial charge is 0.450 e. The molecule has 0 unspecified atom stereocenters. The van der Waals surface area contributed by atoms with E-state index in [0.29, 0.717) is 21.7 Å². The standard InChI is InChI=1S/C9H5BrClNO3/c10-8-2-1-5(14-8)3-6-7(4-11)12-15-9(6)13/h1-3H,4H2/b6-3+. The molecule has 0 saturated heterocycles. The van der Waals surface area contributed by atoms with Crippen molar-refractivity contribution in [2.24, 2.45) is 5.16 Å². The van der Waals surface area contributed by atoms with Gasteiger partial charge in [-0.25, -0.2) is 4.79 Å². The van der Waals surface area contributed by atoms with Gasteiger partial charge in [-0.15, -0.1) is 11.6 Å². The minimum atomic E-state index is -0.516. The first-order valence-electron chi connectivity index (χ1n) is 4.02. The first-order valence-corrected chi connectivity index (χ1v) is 5.35. The van der Waals surface area contributed by atoms with Crippen LogP contribution in [0.5, 0.6) is 0 Å². The second-order valence-corrected chi connectivity index (χ2v) is 3.80. The molecule has 0 atom stereocenters. The number of rotatable bonds is 2. The van der Waals surface area contributed by atoms with Crippen LogP contribution in [0.25, 0.3) is 6.08 Å². The highest BCUT2D eigenvalue weighted by atomic mass is 79.9. The Bertz CT molecular complexity index is 464. The Balaban J connectivity index is 2.33. The predicted octanol–water partition coefficient (Wildman–Crippen LogP) is 2.58. The number of carbonyl (C=O) groups is 1. The average Bonchev–Trinajstić information content (AvgIpc) is 2.76. The summed E-state index contributed by atoms with van der Waals surface area (Å²) >= 11 is 8.76. The minimum Gasteiger partial charge on any atom is -0.450 e. The molecule has 4 nitrogen and oxygen atoms in total. The van der Waals surface area contributed by atoms with Gasteiger partial charge in [0.05, 0.1) is 11.5 Å². The topological polar surface area (TPSA) is 51.8 Å². The van der Waals surface area contributed by atoms with E-state index in [1.54, 1.807) is 18.2 Å². The lowest BCUT2D eigenvalue weighted by molar-refractivity contribution is -0.136. The van der Waals surface area contributed by atoms with Crippen LogP contribution in [0, 0.1) is 0 Å². The number of hydrogen-bond acceptors (Lipinski definition) is 4. The third-order valence-corrected chi connectivity index (χ3v) is 2.46. The fourth-order valence-electron chi connectivity index (χ4n) is 1.10. The summed E-state index contributed by atoms with van der Waals surface area (Å²) in [7, 11) is 0. The number of carbonyl (C=O) groups excluding carboxylic acids is 1. The van der Waals surface area contributed by atoms with Gasteiger partial charge in [0, 0.05) is 0 Å². The zero-order valence-corrected chi connectivity index (χ0v) is 9.71. The molecule has 0 N–H and O–H groups in total. The van der Waals surface area contributed by atoms with Crippen molar-refractivity contribution < 1.29 is 14.0 Å². The lowest BCUT2D eigenvalue weighted by atomic mass is 10.1. The van der Waals surface area contributed by atoms with Crippen molar-refractivity contribution in [3.63, 3.8) is 0 Å². The number of furan rings is 1. The second-order valence-electron chi connectivity index (χ2n) is 2.75. The molecule has 0 fully saturated rings. The molecule has 0 aliphatic carbocycles. The van der Waals surface area contributed by atoms with Crippen molar-refractivity contribution >= 4 is 45.3 Å². The third kappa shape index (κ3) is 2.13. The number of halogens is 2. The average molecular weight is 290 g/mol. The molecule has 0 bridgehead atoms. The fraction of sp³-hybridized carbons (Fsp3) is 0.111. The van der Waals surface area contributed by atoms with Crippen LogP contribution in [0.2, 0.25) is 0 Å². The van der Waals surface area contributed by atoms with Gasteiger partial charge in [0.15, 0.2) is 4.67 Å². The van der Waals surface area contributed by atoms with Crippen LogP contribution in [-0.2, 0) is 9.63 Å². The highest BCUT2D eigenvalue weighted by Gasteiger charge is 2.24. The molecule has 78 valence electrons.